The highest BCUT2D eigenvalue weighted by Gasteiger charge is 2.45. The van der Waals surface area contributed by atoms with Gasteiger partial charge in [-0.1, -0.05) is 53.9 Å². The molecule has 4 atom stereocenters. The molecule has 0 aromatic carbocycles. The van der Waals surface area contributed by atoms with Gasteiger partial charge in [0.2, 0.25) is 17.6 Å². The van der Waals surface area contributed by atoms with Gasteiger partial charge in [-0.3, -0.25) is 19.2 Å². The molecule has 1 heterocycles. The highest BCUT2D eigenvalue weighted by atomic mass is 16.4. The average Bonchev–Trinajstić information content (AvgIpc) is 3.29. The molecule has 2 fully saturated rings. The summed E-state index contributed by atoms with van der Waals surface area (Å²) in [6.45, 7) is 8.80. The summed E-state index contributed by atoms with van der Waals surface area (Å²) in [5, 5.41) is 17.3. The monoisotopic (exact) mass is 537 g/mol. The number of carbonyl (C=O) groups is 6. The molecule has 2 aliphatic rings. The first-order valence-corrected chi connectivity index (χ1v) is 13.3. The minimum atomic E-state index is -1.19. The second-order valence-corrected chi connectivity index (χ2v) is 11.9. The van der Waals surface area contributed by atoms with Crippen LogP contribution >= 0.6 is 0 Å². The van der Waals surface area contributed by atoms with Crippen LogP contribution in [0, 0.1) is 23.2 Å². The van der Waals surface area contributed by atoms with Gasteiger partial charge in [-0.05, 0) is 42.4 Å². The summed E-state index contributed by atoms with van der Waals surface area (Å²) < 4.78 is 0. The van der Waals surface area contributed by atoms with Crippen molar-refractivity contribution in [2.24, 2.45) is 28.9 Å². The summed E-state index contributed by atoms with van der Waals surface area (Å²) in [6.07, 6.45) is 4.60. The van der Waals surface area contributed by atoms with E-state index in [4.69, 9.17) is 5.73 Å². The summed E-state index contributed by atoms with van der Waals surface area (Å²) in [5.74, 6) is -4.26. The number of carbonyl (C=O) groups excluding carboxylic acids is 5. The van der Waals surface area contributed by atoms with Crippen molar-refractivity contribution in [1.29, 1.82) is 0 Å². The third-order valence-electron chi connectivity index (χ3n) is 7.62. The van der Waals surface area contributed by atoms with E-state index < -0.39 is 65.6 Å². The van der Waals surface area contributed by atoms with Gasteiger partial charge < -0.3 is 31.7 Å². The number of primary amides is 1. The molecule has 12 nitrogen and oxygen atoms in total. The average molecular weight is 538 g/mol. The SMILES string of the molecule is CC(C)[C@@H]1C[C@@H](C(=O)NCC(=O)C(N)=O)N(C(=O)[C@@H](NC(=O)N[C@@H](C(=O)O)C(C)(C)C)C2CCCCC2)C1. The predicted octanol–water partition coefficient (Wildman–Crippen LogP) is 0.778. The molecule has 1 aliphatic carbocycles. The number of hydrogen-bond acceptors (Lipinski definition) is 6. The van der Waals surface area contributed by atoms with E-state index in [0.29, 0.717) is 25.8 Å². The lowest BCUT2D eigenvalue weighted by atomic mass is 9.83. The van der Waals surface area contributed by atoms with Gasteiger partial charge in [-0.2, -0.15) is 0 Å². The smallest absolute Gasteiger partial charge is 0.326 e. The molecule has 0 spiro atoms. The minimum absolute atomic E-state index is 0.0136. The van der Waals surface area contributed by atoms with E-state index in [2.05, 4.69) is 16.0 Å². The van der Waals surface area contributed by atoms with Crippen LogP contribution in [0.3, 0.4) is 0 Å². The number of aliphatic carboxylic acids is 1. The zero-order valence-electron chi connectivity index (χ0n) is 23.0. The van der Waals surface area contributed by atoms with E-state index in [9.17, 15) is 33.9 Å². The van der Waals surface area contributed by atoms with Crippen molar-refractivity contribution in [1.82, 2.24) is 20.9 Å². The molecule has 214 valence electrons. The highest BCUT2D eigenvalue weighted by molar-refractivity contribution is 6.36. The third-order valence-corrected chi connectivity index (χ3v) is 7.62. The highest BCUT2D eigenvalue weighted by Crippen LogP contribution is 2.33. The van der Waals surface area contributed by atoms with Crippen LogP contribution in [-0.4, -0.2) is 76.7 Å². The van der Waals surface area contributed by atoms with E-state index in [-0.39, 0.29) is 17.8 Å². The Labute approximate surface area is 223 Å². The van der Waals surface area contributed by atoms with Crippen LogP contribution in [0.5, 0.6) is 0 Å². The number of nitrogens with zero attached hydrogens (tertiary/aromatic N) is 1. The Balaban J connectivity index is 2.29. The van der Waals surface area contributed by atoms with Crippen molar-refractivity contribution in [3.05, 3.63) is 0 Å². The van der Waals surface area contributed by atoms with Crippen molar-refractivity contribution < 1.29 is 33.9 Å². The summed E-state index contributed by atoms with van der Waals surface area (Å²) in [5.41, 5.74) is 4.21. The zero-order chi connectivity index (χ0) is 28.8. The molecule has 12 heteroatoms. The van der Waals surface area contributed by atoms with Gasteiger partial charge in [0.05, 0.1) is 6.54 Å². The summed E-state index contributed by atoms with van der Waals surface area (Å²) >= 11 is 0. The van der Waals surface area contributed by atoms with Gasteiger partial charge in [-0.15, -0.1) is 0 Å². The lowest BCUT2D eigenvalue weighted by Crippen LogP contribution is -2.60. The number of amides is 5. The maximum absolute atomic E-state index is 14.0. The molecule has 38 heavy (non-hydrogen) atoms. The number of hydrogen-bond donors (Lipinski definition) is 5. The molecule has 0 bridgehead atoms. The van der Waals surface area contributed by atoms with Gasteiger partial charge in [0.25, 0.3) is 5.91 Å². The number of rotatable bonds is 10. The Morgan fingerprint density at radius 3 is 2.08 bits per heavy atom. The molecule has 2 rings (SSSR count). The predicted molar refractivity (Wildman–Crippen MR) is 139 cm³/mol. The summed E-state index contributed by atoms with van der Waals surface area (Å²) in [6, 6.07) is -3.77. The molecule has 0 aromatic rings. The van der Waals surface area contributed by atoms with Crippen LogP contribution in [0.15, 0.2) is 0 Å². The van der Waals surface area contributed by atoms with Crippen molar-refractivity contribution in [3.8, 4) is 0 Å². The Kier molecular flexibility index (Phi) is 10.7. The molecule has 0 unspecified atom stereocenters. The van der Waals surface area contributed by atoms with Gasteiger partial charge in [0.1, 0.15) is 18.1 Å². The van der Waals surface area contributed by atoms with Crippen LogP contribution in [0.4, 0.5) is 4.79 Å². The van der Waals surface area contributed by atoms with Crippen LogP contribution in [0.1, 0.15) is 73.1 Å². The quantitative estimate of drug-likeness (QED) is 0.254. The van der Waals surface area contributed by atoms with Crippen molar-refractivity contribution in [2.45, 2.75) is 91.3 Å². The number of likely N-dealkylation sites (tertiary alicyclic amines) is 1. The third kappa shape index (κ3) is 8.16. The second-order valence-electron chi connectivity index (χ2n) is 11.9. The van der Waals surface area contributed by atoms with Gasteiger partial charge in [0, 0.05) is 6.54 Å². The number of nitrogens with one attached hydrogen (secondary N) is 3. The molecule has 6 N–H and O–H groups in total. The molecule has 1 saturated heterocycles. The Morgan fingerprint density at radius 2 is 1.58 bits per heavy atom. The molecular formula is C26H43N5O7. The zero-order valence-corrected chi connectivity index (χ0v) is 23.0. The fraction of sp³-hybridized carbons (Fsp3) is 0.769. The molecule has 1 aliphatic heterocycles. The van der Waals surface area contributed by atoms with Crippen LogP contribution in [-0.2, 0) is 24.0 Å². The lowest BCUT2D eigenvalue weighted by molar-refractivity contribution is -0.142. The van der Waals surface area contributed by atoms with E-state index in [1.165, 1.54) is 4.90 Å². The topological polar surface area (TPSA) is 188 Å². The number of ketones is 1. The maximum atomic E-state index is 14.0. The summed E-state index contributed by atoms with van der Waals surface area (Å²) in [4.78, 5) is 75.9. The van der Waals surface area contributed by atoms with Crippen molar-refractivity contribution >= 4 is 35.5 Å². The number of nitrogens with two attached hydrogens (primary N) is 1. The van der Waals surface area contributed by atoms with E-state index in [1.807, 2.05) is 13.8 Å². The lowest BCUT2D eigenvalue weighted by Gasteiger charge is -2.35. The number of carboxylic acid groups (broad SMARTS) is 1. The molecule has 0 radical (unpaired) electrons. The van der Waals surface area contributed by atoms with Gasteiger partial charge >= 0.3 is 12.0 Å². The van der Waals surface area contributed by atoms with E-state index >= 15 is 0 Å². The van der Waals surface area contributed by atoms with Gasteiger partial charge in [0.15, 0.2) is 0 Å². The molecule has 0 aromatic heterocycles. The first kappa shape index (κ1) is 31.0. The molecule has 5 amide bonds. The normalized spacial score (nSPS) is 21.9. The maximum Gasteiger partial charge on any atom is 0.326 e. The number of Topliss-reactive ketones (excluding diaryl/α,β-unsaturated/α-hetero) is 1. The van der Waals surface area contributed by atoms with Gasteiger partial charge in [-0.25, -0.2) is 9.59 Å². The second kappa shape index (κ2) is 13.1. The molecular weight excluding hydrogens is 494 g/mol. The first-order valence-electron chi connectivity index (χ1n) is 13.3. The Hall–Kier alpha value is -3.18. The standard InChI is InChI=1S/C26H43N5O7/c1-14(2)16-11-17(22(34)28-12-18(32)21(27)33)31(13-16)23(35)19(15-9-7-6-8-10-15)29-25(38)30-20(24(36)37)26(3,4)5/h14-17,19-20H,6-13H2,1-5H3,(H2,27,33)(H,28,34)(H,36,37)(H2,29,30,38)/t16-,17+,19+,20+/m1/s1. The molecule has 1 saturated carbocycles. The Bertz CT molecular complexity index is 923. The van der Waals surface area contributed by atoms with E-state index in [0.717, 1.165) is 19.3 Å². The number of urea groups is 1. The fourth-order valence-corrected chi connectivity index (χ4v) is 5.21. The minimum Gasteiger partial charge on any atom is -0.480 e. The fourth-order valence-electron chi connectivity index (χ4n) is 5.21. The largest absolute Gasteiger partial charge is 0.480 e. The summed E-state index contributed by atoms with van der Waals surface area (Å²) in [7, 11) is 0. The van der Waals surface area contributed by atoms with Crippen LogP contribution < -0.4 is 21.7 Å². The first-order chi connectivity index (χ1) is 17.6. The van der Waals surface area contributed by atoms with Crippen molar-refractivity contribution in [2.75, 3.05) is 13.1 Å². The van der Waals surface area contributed by atoms with Crippen LogP contribution in [0.2, 0.25) is 0 Å². The van der Waals surface area contributed by atoms with Crippen molar-refractivity contribution in [3.63, 3.8) is 0 Å². The number of carboxylic acids is 1. The van der Waals surface area contributed by atoms with E-state index in [1.54, 1.807) is 20.8 Å². The Morgan fingerprint density at radius 1 is 0.974 bits per heavy atom. The van der Waals surface area contributed by atoms with Crippen LogP contribution in [0.25, 0.3) is 0 Å².